The summed E-state index contributed by atoms with van der Waals surface area (Å²) in [5.41, 5.74) is -1.05. The fourth-order valence-electron chi connectivity index (χ4n) is 1.78. The number of rotatable bonds is 4. The third-order valence-corrected chi connectivity index (χ3v) is 2.88. The maximum atomic E-state index is 11.7. The van der Waals surface area contributed by atoms with E-state index in [9.17, 15) is 14.4 Å². The van der Waals surface area contributed by atoms with Gasteiger partial charge in [0, 0.05) is 0 Å². The van der Waals surface area contributed by atoms with Crippen LogP contribution < -0.4 is 10.6 Å². The monoisotopic (exact) mass is 236 g/mol. The van der Waals surface area contributed by atoms with E-state index in [2.05, 4.69) is 10.6 Å². The van der Waals surface area contributed by atoms with E-state index in [0.29, 0.717) is 12.8 Å². The average Bonchev–Trinajstić information content (AvgIpc) is 2.17. The first-order chi connectivity index (χ1) is 7.06. The quantitative estimate of drug-likeness (QED) is 0.544. The second kappa shape index (κ2) is 6.37. The van der Waals surface area contributed by atoms with Crippen molar-refractivity contribution in [2.75, 3.05) is 0 Å². The minimum atomic E-state index is -1.05. The van der Waals surface area contributed by atoms with Gasteiger partial charge >= 0.3 is 35.6 Å². The molecule has 86 valence electrons. The average molecular weight is 236 g/mol. The van der Waals surface area contributed by atoms with Gasteiger partial charge in [0.1, 0.15) is 5.41 Å². The van der Waals surface area contributed by atoms with E-state index in [0.717, 1.165) is 12.8 Å². The molecule has 0 spiro atoms. The fraction of sp³-hybridized carbons (Fsp3) is 0.700. The zero-order valence-electron chi connectivity index (χ0n) is 9.05. The van der Waals surface area contributed by atoms with Crippen molar-refractivity contribution >= 4 is 47.4 Å². The molecule has 1 rings (SSSR count). The van der Waals surface area contributed by atoms with E-state index < -0.39 is 23.3 Å². The second-order valence-corrected chi connectivity index (χ2v) is 3.78. The summed E-state index contributed by atoms with van der Waals surface area (Å²) >= 11 is 0. The third kappa shape index (κ3) is 2.84. The molecule has 0 aromatic heterocycles. The molecule has 0 radical (unpaired) electrons. The van der Waals surface area contributed by atoms with Gasteiger partial charge in [-0.15, -0.1) is 0 Å². The Hall–Kier alpha value is -0.390. The first-order valence-corrected chi connectivity index (χ1v) is 5.23. The molecular formula is C10H17N2NaO3. The predicted molar refractivity (Wildman–Crippen MR) is 61.1 cm³/mol. The summed E-state index contributed by atoms with van der Waals surface area (Å²) in [5, 5.41) is 4.30. The van der Waals surface area contributed by atoms with E-state index in [4.69, 9.17) is 0 Å². The molecule has 0 aromatic rings. The SMILES string of the molecule is CCCCC1(CC)C(=O)NC(=O)NC1=O.[NaH]. The van der Waals surface area contributed by atoms with Crippen molar-refractivity contribution in [3.63, 3.8) is 0 Å². The summed E-state index contributed by atoms with van der Waals surface area (Å²) in [4.78, 5) is 34.3. The molecule has 0 atom stereocenters. The van der Waals surface area contributed by atoms with E-state index in [-0.39, 0.29) is 29.6 Å². The number of carbonyl (C=O) groups is 3. The molecule has 0 unspecified atom stereocenters. The van der Waals surface area contributed by atoms with Gasteiger partial charge in [-0.05, 0) is 12.8 Å². The summed E-state index contributed by atoms with van der Waals surface area (Å²) in [6.45, 7) is 3.78. The molecule has 1 aliphatic rings. The number of unbranched alkanes of at least 4 members (excludes halogenated alkanes) is 1. The number of hydrogen-bond donors (Lipinski definition) is 2. The first-order valence-electron chi connectivity index (χ1n) is 5.23. The van der Waals surface area contributed by atoms with Gasteiger partial charge in [0.05, 0.1) is 0 Å². The number of imide groups is 2. The third-order valence-electron chi connectivity index (χ3n) is 2.88. The number of urea groups is 1. The van der Waals surface area contributed by atoms with Crippen LogP contribution in [0.5, 0.6) is 0 Å². The molecule has 1 fully saturated rings. The van der Waals surface area contributed by atoms with Crippen molar-refractivity contribution in [2.45, 2.75) is 39.5 Å². The van der Waals surface area contributed by atoms with E-state index in [1.807, 2.05) is 6.92 Å². The van der Waals surface area contributed by atoms with Crippen molar-refractivity contribution in [3.8, 4) is 0 Å². The van der Waals surface area contributed by atoms with Gasteiger partial charge in [0.2, 0.25) is 11.8 Å². The van der Waals surface area contributed by atoms with Crippen LogP contribution in [0.15, 0.2) is 0 Å². The molecule has 1 saturated heterocycles. The van der Waals surface area contributed by atoms with Gasteiger partial charge in [0.25, 0.3) is 0 Å². The Kier molecular flexibility index (Phi) is 6.22. The summed E-state index contributed by atoms with van der Waals surface area (Å²) in [5.74, 6) is -0.931. The Morgan fingerprint density at radius 2 is 1.56 bits per heavy atom. The van der Waals surface area contributed by atoms with Crippen LogP contribution in [0, 0.1) is 5.41 Å². The summed E-state index contributed by atoms with van der Waals surface area (Å²) in [6.07, 6.45) is 2.61. The van der Waals surface area contributed by atoms with Crippen molar-refractivity contribution in [3.05, 3.63) is 0 Å². The normalized spacial score (nSPS) is 18.5. The van der Waals surface area contributed by atoms with Crippen LogP contribution in [0.1, 0.15) is 39.5 Å². The number of nitrogens with one attached hydrogen (secondary N) is 2. The van der Waals surface area contributed by atoms with Crippen molar-refractivity contribution < 1.29 is 14.4 Å². The minimum absolute atomic E-state index is 0. The van der Waals surface area contributed by atoms with Gasteiger partial charge < -0.3 is 0 Å². The van der Waals surface area contributed by atoms with Crippen LogP contribution in [0.4, 0.5) is 4.79 Å². The standard InChI is InChI=1S/C10H16N2O3.Na.H/c1-3-5-6-10(4-2)7(13)11-9(15)12-8(10)14;;/h3-6H2,1-2H3,(H2,11,12,13,14,15);;. The number of hydrogen-bond acceptors (Lipinski definition) is 3. The molecule has 2 N–H and O–H groups in total. The van der Waals surface area contributed by atoms with Gasteiger partial charge in [-0.3, -0.25) is 20.2 Å². The Bertz CT molecular complexity index is 284. The zero-order valence-corrected chi connectivity index (χ0v) is 9.05. The summed E-state index contributed by atoms with van der Waals surface area (Å²) < 4.78 is 0. The van der Waals surface area contributed by atoms with Crippen LogP contribution in [-0.2, 0) is 9.59 Å². The van der Waals surface area contributed by atoms with Crippen molar-refractivity contribution in [1.82, 2.24) is 10.6 Å². The van der Waals surface area contributed by atoms with Gasteiger partial charge in [-0.25, -0.2) is 4.79 Å². The van der Waals surface area contributed by atoms with Crippen LogP contribution in [0.3, 0.4) is 0 Å². The van der Waals surface area contributed by atoms with Crippen LogP contribution >= 0.6 is 0 Å². The number of barbiturate groups is 1. The summed E-state index contributed by atoms with van der Waals surface area (Å²) in [7, 11) is 0. The maximum absolute atomic E-state index is 11.7. The Morgan fingerprint density at radius 1 is 1.06 bits per heavy atom. The molecule has 0 aromatic carbocycles. The molecular weight excluding hydrogens is 219 g/mol. The Balaban J connectivity index is 0.00000225. The second-order valence-electron chi connectivity index (χ2n) is 3.78. The molecule has 4 amide bonds. The van der Waals surface area contributed by atoms with Crippen LogP contribution in [0.25, 0.3) is 0 Å². The van der Waals surface area contributed by atoms with E-state index >= 15 is 0 Å². The molecule has 0 saturated carbocycles. The van der Waals surface area contributed by atoms with Gasteiger partial charge in [-0.1, -0.05) is 26.7 Å². The van der Waals surface area contributed by atoms with Crippen molar-refractivity contribution in [1.29, 1.82) is 0 Å². The predicted octanol–water partition coefficient (Wildman–Crippen LogP) is 0.290. The topological polar surface area (TPSA) is 75.3 Å². The van der Waals surface area contributed by atoms with Crippen molar-refractivity contribution in [2.24, 2.45) is 5.41 Å². The van der Waals surface area contributed by atoms with E-state index in [1.165, 1.54) is 0 Å². The molecule has 1 heterocycles. The van der Waals surface area contributed by atoms with Gasteiger partial charge in [0.15, 0.2) is 0 Å². The number of amides is 4. The molecule has 0 aliphatic carbocycles. The fourth-order valence-corrected chi connectivity index (χ4v) is 1.78. The molecule has 6 heteroatoms. The Morgan fingerprint density at radius 3 is 1.94 bits per heavy atom. The van der Waals surface area contributed by atoms with Crippen LogP contribution in [0.2, 0.25) is 0 Å². The zero-order chi connectivity index (χ0) is 11.5. The first kappa shape index (κ1) is 15.6. The molecule has 5 nitrogen and oxygen atoms in total. The Labute approximate surface area is 117 Å². The number of carbonyl (C=O) groups excluding carboxylic acids is 3. The molecule has 1 aliphatic heterocycles. The van der Waals surface area contributed by atoms with E-state index in [1.54, 1.807) is 6.92 Å². The molecule has 16 heavy (non-hydrogen) atoms. The molecule has 0 bridgehead atoms. The summed E-state index contributed by atoms with van der Waals surface area (Å²) in [6, 6.07) is -0.717. The van der Waals surface area contributed by atoms with Gasteiger partial charge in [-0.2, -0.15) is 0 Å². The van der Waals surface area contributed by atoms with Crippen LogP contribution in [-0.4, -0.2) is 47.4 Å².